The predicted molar refractivity (Wildman–Crippen MR) is 130 cm³/mol. The first-order chi connectivity index (χ1) is 16.6. The summed E-state index contributed by atoms with van der Waals surface area (Å²) in [5.74, 6) is 0.730. The average molecular weight is 502 g/mol. The van der Waals surface area contributed by atoms with Gasteiger partial charge in [-0.05, 0) is 32.9 Å². The molecule has 1 aromatic carbocycles. The van der Waals surface area contributed by atoms with Crippen LogP contribution in [0.1, 0.15) is 23.7 Å². The van der Waals surface area contributed by atoms with E-state index in [4.69, 9.17) is 14.3 Å². The molecule has 0 aliphatic rings. The Balaban J connectivity index is 2.03. The van der Waals surface area contributed by atoms with Crippen LogP contribution in [0.25, 0.3) is 11.0 Å². The number of pyridine rings is 1. The molecule has 2 heterocycles. The highest BCUT2D eigenvalue weighted by atomic mass is 32.2. The summed E-state index contributed by atoms with van der Waals surface area (Å²) in [7, 11) is 6.17. The number of oxime groups is 1. The smallest absolute Gasteiger partial charge is 0.449 e. The maximum absolute atomic E-state index is 13.4. The number of carbonyl (C=O) groups excluding carboxylic acids is 2. The molecule has 0 saturated heterocycles. The van der Waals surface area contributed by atoms with Gasteiger partial charge in [-0.2, -0.15) is 9.55 Å². The molecule has 1 unspecified atom stereocenters. The topological polar surface area (TPSA) is 131 Å². The molecule has 0 spiro atoms. The summed E-state index contributed by atoms with van der Waals surface area (Å²) in [5, 5.41) is 3.60. The first kappa shape index (κ1) is 26.0. The molecule has 0 saturated carbocycles. The number of rotatable bonds is 7. The normalized spacial score (nSPS) is 12.4. The van der Waals surface area contributed by atoms with Crippen molar-refractivity contribution in [1.82, 2.24) is 19.4 Å². The lowest BCUT2D eigenvalue weighted by Gasteiger charge is -2.14. The molecule has 1 amide bonds. The van der Waals surface area contributed by atoms with Crippen LogP contribution in [-0.4, -0.2) is 70.0 Å². The molecular formula is C23H27N5O6S. The largest absolute Gasteiger partial charge is 0.609 e. The number of carbonyl (C=O) groups is 2. The van der Waals surface area contributed by atoms with Gasteiger partial charge >= 0.3 is 11.2 Å². The maximum Gasteiger partial charge on any atom is 0.449 e. The van der Waals surface area contributed by atoms with Crippen molar-refractivity contribution in [2.24, 2.45) is 5.16 Å². The van der Waals surface area contributed by atoms with Gasteiger partial charge in [0, 0.05) is 48.7 Å². The van der Waals surface area contributed by atoms with Gasteiger partial charge in [-0.25, -0.2) is 4.79 Å². The fraction of sp³-hybridized carbons (Fsp3) is 0.348. The van der Waals surface area contributed by atoms with Crippen LogP contribution in [0.5, 0.6) is 11.5 Å². The SMILES string of the molecule is COc1ccc2c(c1)nc([S+]([O-])Cc1ncc(C)c(OC)c1C)n2C(=O)O/N=C(\C)C(=O)N(C)C. The highest BCUT2D eigenvalue weighted by Gasteiger charge is 2.29. The van der Waals surface area contributed by atoms with E-state index in [-0.39, 0.29) is 16.6 Å². The van der Waals surface area contributed by atoms with Crippen LogP contribution < -0.4 is 9.47 Å². The molecule has 1 atom stereocenters. The highest BCUT2D eigenvalue weighted by molar-refractivity contribution is 7.90. The van der Waals surface area contributed by atoms with E-state index >= 15 is 0 Å². The number of hydrogen-bond donors (Lipinski definition) is 0. The van der Waals surface area contributed by atoms with E-state index < -0.39 is 23.2 Å². The zero-order chi connectivity index (χ0) is 25.9. The Hall–Kier alpha value is -3.64. The third-order valence-corrected chi connectivity index (χ3v) is 6.43. The number of nitrogens with zero attached hydrogens (tertiary/aromatic N) is 5. The number of benzene rings is 1. The van der Waals surface area contributed by atoms with Gasteiger partial charge in [0.1, 0.15) is 17.2 Å². The molecule has 0 N–H and O–H groups in total. The van der Waals surface area contributed by atoms with Crippen LogP contribution in [0.2, 0.25) is 0 Å². The Kier molecular flexibility index (Phi) is 7.97. The van der Waals surface area contributed by atoms with E-state index in [0.717, 1.165) is 15.7 Å². The number of fused-ring (bicyclic) bond motifs is 1. The van der Waals surface area contributed by atoms with E-state index in [1.807, 2.05) is 13.8 Å². The zero-order valence-electron chi connectivity index (χ0n) is 20.6. The van der Waals surface area contributed by atoms with E-state index in [9.17, 15) is 14.1 Å². The Morgan fingerprint density at radius 2 is 1.91 bits per heavy atom. The van der Waals surface area contributed by atoms with Crippen molar-refractivity contribution < 1.29 is 28.5 Å². The predicted octanol–water partition coefficient (Wildman–Crippen LogP) is 2.82. The van der Waals surface area contributed by atoms with E-state index in [0.29, 0.717) is 28.2 Å². The van der Waals surface area contributed by atoms with Gasteiger partial charge in [-0.15, -0.1) is 0 Å². The number of aromatic nitrogens is 3. The van der Waals surface area contributed by atoms with Gasteiger partial charge in [-0.1, -0.05) is 5.16 Å². The molecule has 11 nitrogen and oxygen atoms in total. The Labute approximate surface area is 205 Å². The minimum atomic E-state index is -1.80. The summed E-state index contributed by atoms with van der Waals surface area (Å²) >= 11 is -1.80. The monoisotopic (exact) mass is 501 g/mol. The van der Waals surface area contributed by atoms with Crippen molar-refractivity contribution in [1.29, 1.82) is 0 Å². The van der Waals surface area contributed by atoms with Crippen LogP contribution in [-0.2, 0) is 26.6 Å². The van der Waals surface area contributed by atoms with Gasteiger partial charge in [0.2, 0.25) is 0 Å². The fourth-order valence-electron chi connectivity index (χ4n) is 3.41. The van der Waals surface area contributed by atoms with E-state index in [1.54, 1.807) is 45.6 Å². The van der Waals surface area contributed by atoms with E-state index in [2.05, 4.69) is 15.1 Å². The summed E-state index contributed by atoms with van der Waals surface area (Å²) < 4.78 is 25.2. The lowest BCUT2D eigenvalue weighted by atomic mass is 10.1. The van der Waals surface area contributed by atoms with Gasteiger partial charge in [0.25, 0.3) is 5.91 Å². The summed E-state index contributed by atoms with van der Waals surface area (Å²) in [6, 6.07) is 4.85. The van der Waals surface area contributed by atoms with Crippen molar-refractivity contribution in [2.75, 3.05) is 28.3 Å². The maximum atomic E-state index is 13.4. The summed E-state index contributed by atoms with van der Waals surface area (Å²) in [6.07, 6.45) is 0.679. The Morgan fingerprint density at radius 3 is 2.54 bits per heavy atom. The zero-order valence-corrected chi connectivity index (χ0v) is 21.4. The summed E-state index contributed by atoms with van der Waals surface area (Å²) in [6.45, 7) is 5.11. The molecule has 0 fully saturated rings. The molecule has 3 rings (SSSR count). The van der Waals surface area contributed by atoms with Gasteiger partial charge in [0.05, 0.1) is 30.9 Å². The Morgan fingerprint density at radius 1 is 1.20 bits per heavy atom. The first-order valence-corrected chi connectivity index (χ1v) is 11.8. The van der Waals surface area contributed by atoms with Crippen molar-refractivity contribution in [2.45, 2.75) is 31.7 Å². The second kappa shape index (κ2) is 10.7. The number of aryl methyl sites for hydroxylation is 1. The lowest BCUT2D eigenvalue weighted by Crippen LogP contribution is -2.28. The van der Waals surface area contributed by atoms with Gasteiger partial charge < -0.3 is 18.9 Å². The first-order valence-electron chi connectivity index (χ1n) is 10.5. The molecule has 0 bridgehead atoms. The van der Waals surface area contributed by atoms with Crippen molar-refractivity contribution >= 4 is 39.9 Å². The van der Waals surface area contributed by atoms with Crippen LogP contribution in [0, 0.1) is 13.8 Å². The minimum Gasteiger partial charge on any atom is -0.609 e. The lowest BCUT2D eigenvalue weighted by molar-refractivity contribution is -0.121. The highest BCUT2D eigenvalue weighted by Crippen LogP contribution is 2.29. The Bertz CT molecular complexity index is 1300. The fourth-order valence-corrected chi connectivity index (χ4v) is 4.66. The molecule has 0 radical (unpaired) electrons. The molecular weight excluding hydrogens is 474 g/mol. The molecule has 3 aromatic rings. The van der Waals surface area contributed by atoms with Crippen LogP contribution in [0.15, 0.2) is 34.7 Å². The van der Waals surface area contributed by atoms with E-state index in [1.165, 1.54) is 18.9 Å². The number of methoxy groups -OCH3 is 2. The van der Waals surface area contributed by atoms with Crippen molar-refractivity contribution in [3.63, 3.8) is 0 Å². The molecule has 12 heteroatoms. The third-order valence-electron chi connectivity index (χ3n) is 5.21. The molecule has 186 valence electrons. The quantitative estimate of drug-likeness (QED) is 0.209. The second-order valence-corrected chi connectivity index (χ2v) is 9.20. The standard InChI is InChI=1S/C23H27N5O6S/c1-13-11-24-18(14(2)20(13)33-7)12-35(31)22-25-17-10-16(32-6)8-9-19(17)28(22)23(30)34-26-15(3)21(29)27(4)5/h8-11H,12H2,1-7H3/b26-15+. The minimum absolute atomic E-state index is 0.0162. The van der Waals surface area contributed by atoms with Crippen LogP contribution in [0.3, 0.4) is 0 Å². The average Bonchev–Trinajstić information content (AvgIpc) is 3.22. The number of imidazole rings is 1. The summed E-state index contributed by atoms with van der Waals surface area (Å²) in [4.78, 5) is 40.2. The van der Waals surface area contributed by atoms with Crippen molar-refractivity contribution in [3.8, 4) is 11.5 Å². The summed E-state index contributed by atoms with van der Waals surface area (Å²) in [5.41, 5.74) is 2.83. The van der Waals surface area contributed by atoms with Gasteiger partial charge in [-0.3, -0.25) is 14.6 Å². The molecule has 35 heavy (non-hydrogen) atoms. The second-order valence-electron chi connectivity index (χ2n) is 7.85. The number of amides is 1. The van der Waals surface area contributed by atoms with Crippen molar-refractivity contribution in [3.05, 3.63) is 41.2 Å². The number of ether oxygens (including phenoxy) is 2. The van der Waals surface area contributed by atoms with Gasteiger partial charge in [0.15, 0.2) is 5.75 Å². The molecule has 2 aromatic heterocycles. The molecule has 0 aliphatic carbocycles. The third kappa shape index (κ3) is 5.38. The number of hydrogen-bond acceptors (Lipinski definition) is 9. The van der Waals surface area contributed by atoms with Crippen LogP contribution >= 0.6 is 0 Å². The molecule has 0 aliphatic heterocycles. The van der Waals surface area contributed by atoms with Crippen LogP contribution in [0.4, 0.5) is 4.79 Å².